The summed E-state index contributed by atoms with van der Waals surface area (Å²) in [5, 5.41) is 2.68. The number of nitrogens with one attached hydrogen (secondary N) is 1. The van der Waals surface area contributed by atoms with Crippen molar-refractivity contribution in [2.75, 3.05) is 51.3 Å². The molecule has 0 saturated carbocycles. The molecule has 7 nitrogen and oxygen atoms in total. The minimum atomic E-state index is -0.277. The molecule has 1 N–H and O–H groups in total. The van der Waals surface area contributed by atoms with E-state index in [9.17, 15) is 9.59 Å². The van der Waals surface area contributed by atoms with E-state index in [-0.39, 0.29) is 18.0 Å². The maximum absolute atomic E-state index is 12.5. The van der Waals surface area contributed by atoms with Crippen LogP contribution < -0.4 is 15.0 Å². The van der Waals surface area contributed by atoms with E-state index >= 15 is 0 Å². The SMILES string of the molecule is COc1cccc(N2CCN([C@H](C)C(=O)N3CCNC3=O)CC2)c1. The third kappa shape index (κ3) is 3.31. The second-order valence-corrected chi connectivity index (χ2v) is 6.12. The summed E-state index contributed by atoms with van der Waals surface area (Å²) in [5.41, 5.74) is 1.13. The summed E-state index contributed by atoms with van der Waals surface area (Å²) in [6.07, 6.45) is 0. The maximum Gasteiger partial charge on any atom is 0.324 e. The van der Waals surface area contributed by atoms with Gasteiger partial charge in [-0.3, -0.25) is 14.6 Å². The molecule has 1 aromatic carbocycles. The fraction of sp³-hybridized carbons (Fsp3) is 0.529. The first kappa shape index (κ1) is 16.6. The Morgan fingerprint density at radius 1 is 1.21 bits per heavy atom. The predicted molar refractivity (Wildman–Crippen MR) is 91.4 cm³/mol. The quantitative estimate of drug-likeness (QED) is 0.882. The van der Waals surface area contributed by atoms with Gasteiger partial charge in [-0.15, -0.1) is 0 Å². The van der Waals surface area contributed by atoms with Gasteiger partial charge in [-0.2, -0.15) is 0 Å². The lowest BCUT2D eigenvalue weighted by atomic mass is 10.2. The Balaban J connectivity index is 1.58. The zero-order chi connectivity index (χ0) is 17.1. The highest BCUT2D eigenvalue weighted by atomic mass is 16.5. The van der Waals surface area contributed by atoms with Crippen molar-refractivity contribution in [1.82, 2.24) is 15.1 Å². The minimum absolute atomic E-state index is 0.111. The molecule has 0 spiro atoms. The molecule has 3 rings (SSSR count). The predicted octanol–water partition coefficient (Wildman–Crippen LogP) is 0.758. The molecule has 2 fully saturated rings. The highest BCUT2D eigenvalue weighted by Crippen LogP contribution is 2.22. The Morgan fingerprint density at radius 2 is 1.96 bits per heavy atom. The lowest BCUT2D eigenvalue weighted by molar-refractivity contribution is -0.132. The van der Waals surface area contributed by atoms with Crippen molar-refractivity contribution in [3.05, 3.63) is 24.3 Å². The van der Waals surface area contributed by atoms with Gasteiger partial charge in [0.1, 0.15) is 5.75 Å². The van der Waals surface area contributed by atoms with Crippen molar-refractivity contribution >= 4 is 17.6 Å². The van der Waals surface area contributed by atoms with Crippen molar-refractivity contribution in [1.29, 1.82) is 0 Å². The van der Waals surface area contributed by atoms with E-state index < -0.39 is 0 Å². The third-order valence-corrected chi connectivity index (χ3v) is 4.76. The average molecular weight is 332 g/mol. The number of carbonyl (C=O) groups is 2. The van der Waals surface area contributed by atoms with Gasteiger partial charge in [0.2, 0.25) is 5.91 Å². The molecule has 3 amide bonds. The zero-order valence-electron chi connectivity index (χ0n) is 14.2. The van der Waals surface area contributed by atoms with Crippen molar-refractivity contribution < 1.29 is 14.3 Å². The molecule has 2 aliphatic heterocycles. The highest BCUT2D eigenvalue weighted by molar-refractivity contribution is 5.98. The van der Waals surface area contributed by atoms with Crippen LogP contribution in [0.15, 0.2) is 24.3 Å². The van der Waals surface area contributed by atoms with Gasteiger partial charge in [0.25, 0.3) is 0 Å². The number of piperazine rings is 1. The number of benzene rings is 1. The van der Waals surface area contributed by atoms with Crippen LogP contribution in [0.3, 0.4) is 0 Å². The topological polar surface area (TPSA) is 65.1 Å². The van der Waals surface area contributed by atoms with Gasteiger partial charge in [0, 0.05) is 51.0 Å². The number of urea groups is 1. The third-order valence-electron chi connectivity index (χ3n) is 4.76. The number of amides is 3. The van der Waals surface area contributed by atoms with E-state index in [1.54, 1.807) is 7.11 Å². The first-order valence-electron chi connectivity index (χ1n) is 8.32. The summed E-state index contributed by atoms with van der Waals surface area (Å²) in [6.45, 7) is 6.16. The Hall–Kier alpha value is -2.28. The van der Waals surface area contributed by atoms with E-state index in [0.717, 1.165) is 37.6 Å². The van der Waals surface area contributed by atoms with Crippen LogP contribution >= 0.6 is 0 Å². The van der Waals surface area contributed by atoms with Crippen molar-refractivity contribution in [3.8, 4) is 5.75 Å². The van der Waals surface area contributed by atoms with Crippen LogP contribution in [-0.4, -0.2) is 74.2 Å². The molecule has 7 heteroatoms. The number of imide groups is 1. The molecule has 130 valence electrons. The Bertz CT molecular complexity index is 614. The Kier molecular flexibility index (Phi) is 4.89. The fourth-order valence-corrected chi connectivity index (χ4v) is 3.24. The van der Waals surface area contributed by atoms with Crippen molar-refractivity contribution in [2.45, 2.75) is 13.0 Å². The van der Waals surface area contributed by atoms with E-state index in [0.29, 0.717) is 13.1 Å². The molecule has 0 bridgehead atoms. The summed E-state index contributed by atoms with van der Waals surface area (Å²) in [7, 11) is 1.67. The monoisotopic (exact) mass is 332 g/mol. The average Bonchev–Trinajstić information content (AvgIpc) is 3.06. The largest absolute Gasteiger partial charge is 0.497 e. The van der Waals surface area contributed by atoms with Gasteiger partial charge in [-0.05, 0) is 19.1 Å². The number of anilines is 1. The summed E-state index contributed by atoms with van der Waals surface area (Å²) < 4.78 is 5.28. The second-order valence-electron chi connectivity index (χ2n) is 6.12. The molecule has 1 atom stereocenters. The minimum Gasteiger partial charge on any atom is -0.497 e. The van der Waals surface area contributed by atoms with E-state index in [2.05, 4.69) is 21.2 Å². The van der Waals surface area contributed by atoms with Crippen LogP contribution in [0.5, 0.6) is 5.75 Å². The first-order chi connectivity index (χ1) is 11.6. The summed E-state index contributed by atoms with van der Waals surface area (Å²) >= 11 is 0. The molecular weight excluding hydrogens is 308 g/mol. The molecule has 0 aromatic heterocycles. The van der Waals surface area contributed by atoms with Gasteiger partial charge in [-0.25, -0.2) is 4.79 Å². The first-order valence-corrected chi connectivity index (χ1v) is 8.32. The van der Waals surface area contributed by atoms with Crippen LogP contribution in [-0.2, 0) is 4.79 Å². The summed E-state index contributed by atoms with van der Waals surface area (Å²) in [6, 6.07) is 7.46. The number of hydrogen-bond donors (Lipinski definition) is 1. The molecule has 0 radical (unpaired) electrons. The van der Waals surface area contributed by atoms with Gasteiger partial charge in [-0.1, -0.05) is 6.07 Å². The molecule has 1 aromatic rings. The Labute approximate surface area is 142 Å². The van der Waals surface area contributed by atoms with E-state index in [1.165, 1.54) is 4.90 Å². The van der Waals surface area contributed by atoms with E-state index in [4.69, 9.17) is 4.74 Å². The van der Waals surface area contributed by atoms with Crippen LogP contribution in [0.2, 0.25) is 0 Å². The van der Waals surface area contributed by atoms with Crippen molar-refractivity contribution in [3.63, 3.8) is 0 Å². The van der Waals surface area contributed by atoms with Crippen LogP contribution in [0, 0.1) is 0 Å². The number of hydrogen-bond acceptors (Lipinski definition) is 5. The molecule has 0 unspecified atom stereocenters. The number of methoxy groups -OCH3 is 1. The van der Waals surface area contributed by atoms with Gasteiger partial charge >= 0.3 is 6.03 Å². The smallest absolute Gasteiger partial charge is 0.324 e. The standard InChI is InChI=1S/C17H24N4O3/c1-13(16(22)21-7-6-18-17(21)23)19-8-10-20(11-9-19)14-4-3-5-15(12-14)24-2/h3-5,12-13H,6-11H2,1-2H3,(H,18,23)/t13-/m1/s1. The number of ether oxygens (including phenoxy) is 1. The molecule has 24 heavy (non-hydrogen) atoms. The van der Waals surface area contributed by atoms with Gasteiger partial charge in [0.15, 0.2) is 0 Å². The molecule has 2 heterocycles. The fourth-order valence-electron chi connectivity index (χ4n) is 3.24. The zero-order valence-corrected chi connectivity index (χ0v) is 14.2. The van der Waals surface area contributed by atoms with Crippen LogP contribution in [0.25, 0.3) is 0 Å². The van der Waals surface area contributed by atoms with Gasteiger partial charge < -0.3 is 15.0 Å². The normalized spacial score (nSPS) is 20.0. The highest BCUT2D eigenvalue weighted by Gasteiger charge is 2.33. The molecule has 0 aliphatic carbocycles. The number of nitrogens with zero attached hydrogens (tertiary/aromatic N) is 3. The van der Waals surface area contributed by atoms with Crippen LogP contribution in [0.1, 0.15) is 6.92 Å². The van der Waals surface area contributed by atoms with Crippen molar-refractivity contribution in [2.24, 2.45) is 0 Å². The summed E-state index contributed by atoms with van der Waals surface area (Å²) in [5.74, 6) is 0.735. The molecule has 2 aliphatic rings. The maximum atomic E-state index is 12.5. The molecular formula is C17H24N4O3. The number of carbonyl (C=O) groups excluding carboxylic acids is 2. The van der Waals surface area contributed by atoms with Gasteiger partial charge in [0.05, 0.1) is 13.2 Å². The second kappa shape index (κ2) is 7.09. The lowest BCUT2D eigenvalue weighted by Gasteiger charge is -2.39. The lowest BCUT2D eigenvalue weighted by Crippen LogP contribution is -2.55. The Morgan fingerprint density at radius 3 is 2.58 bits per heavy atom. The summed E-state index contributed by atoms with van der Waals surface area (Å²) in [4.78, 5) is 29.9. The molecule has 2 saturated heterocycles. The van der Waals surface area contributed by atoms with E-state index in [1.807, 2.05) is 25.1 Å². The number of rotatable bonds is 4. The van der Waals surface area contributed by atoms with Crippen LogP contribution in [0.4, 0.5) is 10.5 Å².